The second-order valence-electron chi connectivity index (χ2n) is 6.45. The predicted octanol–water partition coefficient (Wildman–Crippen LogP) is 2.87. The van der Waals surface area contributed by atoms with Gasteiger partial charge in [-0.2, -0.15) is 0 Å². The summed E-state index contributed by atoms with van der Waals surface area (Å²) in [7, 11) is 0. The molecule has 2 aliphatic carbocycles. The van der Waals surface area contributed by atoms with Crippen LogP contribution in [0.3, 0.4) is 0 Å². The lowest BCUT2D eigenvalue weighted by atomic mass is 10.1. The van der Waals surface area contributed by atoms with Gasteiger partial charge in [0.15, 0.2) is 0 Å². The Balaban J connectivity index is 1.61. The van der Waals surface area contributed by atoms with Crippen LogP contribution in [0.1, 0.15) is 61.4 Å². The zero-order chi connectivity index (χ0) is 15.5. The average molecular weight is 300 g/mol. The highest BCUT2D eigenvalue weighted by atomic mass is 16.2. The van der Waals surface area contributed by atoms with Crippen LogP contribution in [0.2, 0.25) is 0 Å². The van der Waals surface area contributed by atoms with Gasteiger partial charge in [0.25, 0.3) is 5.91 Å². The fourth-order valence-electron chi connectivity index (χ4n) is 2.62. The highest BCUT2D eigenvalue weighted by Gasteiger charge is 2.32. The Morgan fingerprint density at radius 1 is 1.14 bits per heavy atom. The molecule has 118 valence electrons. The van der Waals surface area contributed by atoms with Gasteiger partial charge in [-0.15, -0.1) is 0 Å². The van der Waals surface area contributed by atoms with Crippen molar-refractivity contribution in [3.05, 3.63) is 35.4 Å². The van der Waals surface area contributed by atoms with Gasteiger partial charge in [0, 0.05) is 30.6 Å². The summed E-state index contributed by atoms with van der Waals surface area (Å²) < 4.78 is 0. The zero-order valence-electron chi connectivity index (χ0n) is 13.2. The summed E-state index contributed by atoms with van der Waals surface area (Å²) in [4.78, 5) is 26.2. The number of nitrogens with zero attached hydrogens (tertiary/aromatic N) is 1. The number of carbonyl (C=O) groups is 2. The van der Waals surface area contributed by atoms with E-state index in [0.717, 1.165) is 37.7 Å². The lowest BCUT2D eigenvalue weighted by Crippen LogP contribution is -2.32. The van der Waals surface area contributed by atoms with Crippen molar-refractivity contribution in [3.8, 4) is 0 Å². The third-order valence-electron chi connectivity index (χ3n) is 4.25. The van der Waals surface area contributed by atoms with Gasteiger partial charge in [-0.3, -0.25) is 9.59 Å². The molecule has 2 saturated carbocycles. The Morgan fingerprint density at radius 3 is 2.36 bits per heavy atom. The third-order valence-corrected chi connectivity index (χ3v) is 4.25. The van der Waals surface area contributed by atoms with Crippen molar-refractivity contribution in [3.63, 3.8) is 0 Å². The maximum Gasteiger partial charge on any atom is 0.251 e. The second kappa shape index (κ2) is 6.51. The summed E-state index contributed by atoms with van der Waals surface area (Å²) in [5.41, 5.74) is 1.80. The topological polar surface area (TPSA) is 49.4 Å². The first-order valence-electron chi connectivity index (χ1n) is 8.36. The molecular formula is C18H24N2O2. The van der Waals surface area contributed by atoms with Gasteiger partial charge in [-0.05, 0) is 49.8 Å². The largest absolute Gasteiger partial charge is 0.349 e. The third kappa shape index (κ3) is 3.87. The monoisotopic (exact) mass is 300 g/mol. The van der Waals surface area contributed by atoms with Gasteiger partial charge < -0.3 is 10.2 Å². The van der Waals surface area contributed by atoms with E-state index >= 15 is 0 Å². The molecule has 1 N–H and O–H groups in total. The smallest absolute Gasteiger partial charge is 0.251 e. The molecule has 0 aromatic heterocycles. The SMILES string of the molecule is CCCC(=O)N(Cc1ccc(C(=O)NC2CC2)cc1)C1CC1. The van der Waals surface area contributed by atoms with Crippen molar-refractivity contribution in [2.24, 2.45) is 0 Å². The van der Waals surface area contributed by atoms with Gasteiger partial charge >= 0.3 is 0 Å². The normalized spacial score (nSPS) is 17.1. The molecule has 0 radical (unpaired) electrons. The Morgan fingerprint density at radius 2 is 1.82 bits per heavy atom. The van der Waals surface area contributed by atoms with Crippen molar-refractivity contribution >= 4 is 11.8 Å². The van der Waals surface area contributed by atoms with Crippen LogP contribution in [0.5, 0.6) is 0 Å². The van der Waals surface area contributed by atoms with Gasteiger partial charge in [0.1, 0.15) is 0 Å². The fourth-order valence-corrected chi connectivity index (χ4v) is 2.62. The lowest BCUT2D eigenvalue weighted by Gasteiger charge is -2.22. The standard InChI is InChI=1S/C18H24N2O2/c1-2-3-17(21)20(16-10-11-16)12-13-4-6-14(7-5-13)18(22)19-15-8-9-15/h4-7,15-16H,2-3,8-12H2,1H3,(H,19,22). The lowest BCUT2D eigenvalue weighted by molar-refractivity contribution is -0.132. The van der Waals surface area contributed by atoms with Crippen molar-refractivity contribution in [1.29, 1.82) is 0 Å². The maximum atomic E-state index is 12.2. The number of hydrogen-bond acceptors (Lipinski definition) is 2. The Bertz CT molecular complexity index is 545. The summed E-state index contributed by atoms with van der Waals surface area (Å²) in [6, 6.07) is 8.47. The molecule has 0 atom stereocenters. The average Bonchev–Trinajstić information content (AvgIpc) is 3.39. The van der Waals surface area contributed by atoms with Crippen LogP contribution in [0.15, 0.2) is 24.3 Å². The van der Waals surface area contributed by atoms with Gasteiger partial charge in [0.05, 0.1) is 0 Å². The van der Waals surface area contributed by atoms with Gasteiger partial charge in [-0.25, -0.2) is 0 Å². The molecule has 22 heavy (non-hydrogen) atoms. The van der Waals surface area contributed by atoms with E-state index in [1.807, 2.05) is 36.1 Å². The number of benzene rings is 1. The molecule has 1 aromatic carbocycles. The Hall–Kier alpha value is -1.84. The quantitative estimate of drug-likeness (QED) is 0.842. The molecule has 3 rings (SSSR count). The number of amides is 2. The first kappa shape index (κ1) is 15.1. The predicted molar refractivity (Wildman–Crippen MR) is 85.4 cm³/mol. The number of hydrogen-bond donors (Lipinski definition) is 1. The first-order valence-corrected chi connectivity index (χ1v) is 8.36. The van der Waals surface area contributed by atoms with E-state index in [-0.39, 0.29) is 11.8 Å². The van der Waals surface area contributed by atoms with E-state index in [0.29, 0.717) is 30.6 Å². The van der Waals surface area contributed by atoms with Crippen LogP contribution in [0, 0.1) is 0 Å². The zero-order valence-corrected chi connectivity index (χ0v) is 13.2. The van der Waals surface area contributed by atoms with Crippen LogP contribution >= 0.6 is 0 Å². The maximum absolute atomic E-state index is 12.2. The molecule has 4 heteroatoms. The molecule has 0 heterocycles. The minimum atomic E-state index is 0.00941. The number of nitrogens with one attached hydrogen (secondary N) is 1. The second-order valence-corrected chi connectivity index (χ2v) is 6.45. The Labute approximate surface area is 131 Å². The van der Waals surface area contributed by atoms with E-state index in [2.05, 4.69) is 5.32 Å². The molecular weight excluding hydrogens is 276 g/mol. The summed E-state index contributed by atoms with van der Waals surface area (Å²) in [6.45, 7) is 2.70. The van der Waals surface area contributed by atoms with Crippen LogP contribution in [0.4, 0.5) is 0 Å². The summed E-state index contributed by atoms with van der Waals surface area (Å²) >= 11 is 0. The van der Waals surface area contributed by atoms with Crippen LogP contribution in [-0.4, -0.2) is 28.8 Å². The minimum Gasteiger partial charge on any atom is -0.349 e. The number of rotatable bonds is 7. The number of carbonyl (C=O) groups excluding carboxylic acids is 2. The molecule has 1 aromatic rings. The molecule has 2 fully saturated rings. The molecule has 0 spiro atoms. The van der Waals surface area contributed by atoms with Gasteiger partial charge in [-0.1, -0.05) is 19.1 Å². The van der Waals surface area contributed by atoms with Crippen molar-refractivity contribution in [1.82, 2.24) is 10.2 Å². The molecule has 2 aliphatic rings. The minimum absolute atomic E-state index is 0.00941. The van der Waals surface area contributed by atoms with Crippen molar-refractivity contribution < 1.29 is 9.59 Å². The van der Waals surface area contributed by atoms with E-state index in [4.69, 9.17) is 0 Å². The van der Waals surface area contributed by atoms with E-state index in [9.17, 15) is 9.59 Å². The van der Waals surface area contributed by atoms with Crippen LogP contribution in [-0.2, 0) is 11.3 Å². The van der Waals surface area contributed by atoms with Crippen LogP contribution in [0.25, 0.3) is 0 Å². The highest BCUT2D eigenvalue weighted by Crippen LogP contribution is 2.29. The molecule has 4 nitrogen and oxygen atoms in total. The van der Waals surface area contributed by atoms with Gasteiger partial charge in [0.2, 0.25) is 5.91 Å². The van der Waals surface area contributed by atoms with Crippen molar-refractivity contribution in [2.45, 2.75) is 64.1 Å². The van der Waals surface area contributed by atoms with E-state index in [1.54, 1.807) is 0 Å². The van der Waals surface area contributed by atoms with E-state index in [1.165, 1.54) is 0 Å². The first-order chi connectivity index (χ1) is 10.7. The summed E-state index contributed by atoms with van der Waals surface area (Å²) in [5, 5.41) is 2.99. The summed E-state index contributed by atoms with van der Waals surface area (Å²) in [5.74, 6) is 0.260. The Kier molecular flexibility index (Phi) is 4.46. The molecule has 0 saturated heterocycles. The molecule has 0 aliphatic heterocycles. The molecule has 2 amide bonds. The fraction of sp³-hybridized carbons (Fsp3) is 0.556. The van der Waals surface area contributed by atoms with E-state index < -0.39 is 0 Å². The summed E-state index contributed by atoms with van der Waals surface area (Å²) in [6.07, 6.45) is 5.95. The molecule has 0 bridgehead atoms. The van der Waals surface area contributed by atoms with Crippen LogP contribution < -0.4 is 5.32 Å². The highest BCUT2D eigenvalue weighted by molar-refractivity contribution is 5.94. The molecule has 0 unspecified atom stereocenters. The van der Waals surface area contributed by atoms with Crippen molar-refractivity contribution in [2.75, 3.05) is 0 Å².